The molecule has 2 N–H and O–H groups in total. The number of carboxylic acid groups (broad SMARTS) is 1. The maximum atomic E-state index is 10.7. The second-order valence-corrected chi connectivity index (χ2v) is 4.08. The first-order chi connectivity index (χ1) is 8.08. The maximum absolute atomic E-state index is 10.7. The average Bonchev–Trinajstić information content (AvgIpc) is 2.60. The van der Waals surface area contributed by atoms with Crippen LogP contribution >= 0.6 is 15.9 Å². The van der Waals surface area contributed by atoms with Crippen molar-refractivity contribution in [3.63, 3.8) is 0 Å². The Balaban J connectivity index is 2.48. The van der Waals surface area contributed by atoms with Crippen molar-refractivity contribution in [2.24, 2.45) is 0 Å². The van der Waals surface area contributed by atoms with Gasteiger partial charge in [0, 0.05) is 6.07 Å². The number of rotatable bonds is 3. The van der Waals surface area contributed by atoms with Crippen LogP contribution in [0, 0.1) is 0 Å². The third-order valence-corrected chi connectivity index (χ3v) is 2.73. The molecule has 0 bridgehead atoms. The molecule has 7 heteroatoms. The number of nitrogens with zero attached hydrogens (tertiary/aromatic N) is 3. The molecule has 1 aromatic heterocycles. The van der Waals surface area contributed by atoms with Crippen molar-refractivity contribution >= 4 is 21.9 Å². The molecular weight excluding hydrogens is 290 g/mol. The van der Waals surface area contributed by atoms with Crippen LogP contribution in [0.2, 0.25) is 0 Å². The molecule has 6 nitrogen and oxygen atoms in total. The summed E-state index contributed by atoms with van der Waals surface area (Å²) >= 11 is 3.14. The van der Waals surface area contributed by atoms with Crippen molar-refractivity contribution in [1.82, 2.24) is 15.0 Å². The highest BCUT2D eigenvalue weighted by atomic mass is 79.9. The molecule has 1 heterocycles. The highest BCUT2D eigenvalue weighted by Crippen LogP contribution is 2.20. The van der Waals surface area contributed by atoms with Gasteiger partial charge in [-0.05, 0) is 28.1 Å². The van der Waals surface area contributed by atoms with Crippen molar-refractivity contribution in [2.45, 2.75) is 6.42 Å². The molecule has 0 atom stereocenters. The lowest BCUT2D eigenvalue weighted by atomic mass is 10.2. The number of aromatic nitrogens is 3. The summed E-state index contributed by atoms with van der Waals surface area (Å²) in [6.45, 7) is 0. The van der Waals surface area contributed by atoms with E-state index in [4.69, 9.17) is 5.11 Å². The van der Waals surface area contributed by atoms with Gasteiger partial charge >= 0.3 is 5.97 Å². The maximum Gasteiger partial charge on any atom is 0.309 e. The van der Waals surface area contributed by atoms with Crippen LogP contribution < -0.4 is 0 Å². The van der Waals surface area contributed by atoms with Crippen molar-refractivity contribution in [2.75, 3.05) is 0 Å². The molecule has 0 amide bonds. The fraction of sp³-hybridized carbons (Fsp3) is 0.100. The standard InChI is InChI=1S/C10H8BrN3O3/c11-10-8(5-9(16)17)14(13-12-10)6-2-1-3-7(15)4-6/h1-4,15H,5H2,(H,16,17). The highest BCUT2D eigenvalue weighted by Gasteiger charge is 2.15. The molecule has 2 aromatic rings. The fourth-order valence-electron chi connectivity index (χ4n) is 1.41. The van der Waals surface area contributed by atoms with Crippen molar-refractivity contribution in [3.8, 4) is 11.4 Å². The van der Waals surface area contributed by atoms with Crippen molar-refractivity contribution in [1.29, 1.82) is 0 Å². The lowest BCUT2D eigenvalue weighted by Crippen LogP contribution is -2.08. The molecule has 1 aromatic carbocycles. The molecule has 17 heavy (non-hydrogen) atoms. The zero-order valence-electron chi connectivity index (χ0n) is 8.54. The SMILES string of the molecule is O=C(O)Cc1c(Br)nnn1-c1cccc(O)c1. The monoisotopic (exact) mass is 297 g/mol. The van der Waals surface area contributed by atoms with Gasteiger partial charge in [-0.2, -0.15) is 0 Å². The van der Waals surface area contributed by atoms with Gasteiger partial charge in [-0.25, -0.2) is 4.68 Å². The average molecular weight is 298 g/mol. The summed E-state index contributed by atoms with van der Waals surface area (Å²) in [4.78, 5) is 10.7. The van der Waals surface area contributed by atoms with E-state index in [-0.39, 0.29) is 12.2 Å². The first kappa shape index (κ1) is 11.6. The smallest absolute Gasteiger partial charge is 0.309 e. The Morgan fingerprint density at radius 1 is 1.47 bits per heavy atom. The number of carboxylic acids is 1. The van der Waals surface area contributed by atoms with Crippen molar-refractivity contribution in [3.05, 3.63) is 34.6 Å². The third-order valence-electron chi connectivity index (χ3n) is 2.11. The van der Waals surface area contributed by atoms with Crippen molar-refractivity contribution < 1.29 is 15.0 Å². The lowest BCUT2D eigenvalue weighted by Gasteiger charge is -2.04. The molecule has 88 valence electrons. The van der Waals surface area contributed by atoms with Crippen LogP contribution in [-0.4, -0.2) is 31.2 Å². The van der Waals surface area contributed by atoms with Gasteiger partial charge in [0.1, 0.15) is 5.75 Å². The molecule has 0 saturated heterocycles. The fourth-order valence-corrected chi connectivity index (χ4v) is 1.79. The lowest BCUT2D eigenvalue weighted by molar-refractivity contribution is -0.136. The van der Waals surface area contributed by atoms with E-state index in [9.17, 15) is 9.90 Å². The molecule has 0 saturated carbocycles. The highest BCUT2D eigenvalue weighted by molar-refractivity contribution is 9.10. The van der Waals surface area contributed by atoms with Gasteiger partial charge in [0.2, 0.25) is 0 Å². The van der Waals surface area contributed by atoms with E-state index < -0.39 is 5.97 Å². The van der Waals surface area contributed by atoms with Crippen LogP contribution in [0.25, 0.3) is 5.69 Å². The molecule has 0 fully saturated rings. The first-order valence-electron chi connectivity index (χ1n) is 4.69. The number of hydrogen-bond acceptors (Lipinski definition) is 4. The number of benzene rings is 1. The largest absolute Gasteiger partial charge is 0.508 e. The summed E-state index contributed by atoms with van der Waals surface area (Å²) in [5.74, 6) is -0.898. The normalized spacial score (nSPS) is 10.4. The van der Waals surface area contributed by atoms with Crippen LogP contribution in [0.1, 0.15) is 5.69 Å². The number of phenols is 1. The Kier molecular flexibility index (Phi) is 3.10. The molecule has 0 unspecified atom stereocenters. The van der Waals surface area contributed by atoms with Crippen LogP contribution in [0.5, 0.6) is 5.75 Å². The van der Waals surface area contributed by atoms with E-state index in [1.54, 1.807) is 12.1 Å². The molecule has 0 spiro atoms. The third kappa shape index (κ3) is 2.44. The van der Waals surface area contributed by atoms with Crippen LogP contribution in [0.3, 0.4) is 0 Å². The van der Waals surface area contributed by atoms with Crippen LogP contribution in [-0.2, 0) is 11.2 Å². The van der Waals surface area contributed by atoms with Gasteiger partial charge < -0.3 is 10.2 Å². The number of halogens is 1. The molecule has 0 aliphatic rings. The van der Waals surface area contributed by atoms with E-state index in [0.717, 1.165) is 0 Å². The second kappa shape index (κ2) is 4.54. The minimum absolute atomic E-state index is 0.0791. The van der Waals surface area contributed by atoms with Crippen LogP contribution in [0.4, 0.5) is 0 Å². The summed E-state index contributed by atoms with van der Waals surface area (Å²) in [6, 6.07) is 6.34. The van der Waals surface area contributed by atoms with Gasteiger partial charge in [0.25, 0.3) is 0 Å². The van der Waals surface area contributed by atoms with E-state index >= 15 is 0 Å². The molecule has 2 rings (SSSR count). The second-order valence-electron chi connectivity index (χ2n) is 3.33. The Morgan fingerprint density at radius 3 is 2.88 bits per heavy atom. The van der Waals surface area contributed by atoms with Gasteiger partial charge in [0.05, 0.1) is 17.8 Å². The number of aliphatic carboxylic acids is 1. The van der Waals surface area contributed by atoms with Gasteiger partial charge in [-0.15, -0.1) is 5.10 Å². The van der Waals surface area contributed by atoms with Gasteiger partial charge in [-0.1, -0.05) is 11.3 Å². The Morgan fingerprint density at radius 2 is 2.24 bits per heavy atom. The van der Waals surface area contributed by atoms with Gasteiger partial charge in [0.15, 0.2) is 4.60 Å². The number of hydrogen-bond donors (Lipinski definition) is 2. The summed E-state index contributed by atoms with van der Waals surface area (Å²) < 4.78 is 1.75. The molecular formula is C10H8BrN3O3. The van der Waals surface area contributed by atoms with E-state index in [0.29, 0.717) is 16.0 Å². The molecule has 0 radical (unpaired) electrons. The predicted molar refractivity (Wildman–Crippen MR) is 62.1 cm³/mol. The topological polar surface area (TPSA) is 88.2 Å². The summed E-state index contributed by atoms with van der Waals surface area (Å²) in [7, 11) is 0. The summed E-state index contributed by atoms with van der Waals surface area (Å²) in [5, 5.41) is 25.7. The molecule has 0 aliphatic heterocycles. The summed E-state index contributed by atoms with van der Waals surface area (Å²) in [6.07, 6.45) is -0.205. The Bertz CT molecular complexity index is 568. The minimum Gasteiger partial charge on any atom is -0.508 e. The number of aromatic hydroxyl groups is 1. The first-order valence-corrected chi connectivity index (χ1v) is 5.48. The zero-order valence-corrected chi connectivity index (χ0v) is 10.1. The summed E-state index contributed by atoms with van der Waals surface area (Å²) in [5.41, 5.74) is 0.975. The van der Waals surface area contributed by atoms with E-state index in [1.807, 2.05) is 0 Å². The number of phenolic OH excluding ortho intramolecular Hbond substituents is 1. The quantitative estimate of drug-likeness (QED) is 0.893. The Hall–Kier alpha value is -1.89. The van der Waals surface area contributed by atoms with Crippen LogP contribution in [0.15, 0.2) is 28.9 Å². The predicted octanol–water partition coefficient (Wildman–Crippen LogP) is 1.36. The molecule has 0 aliphatic carbocycles. The number of carbonyl (C=O) groups is 1. The van der Waals surface area contributed by atoms with Gasteiger partial charge in [-0.3, -0.25) is 4.79 Å². The minimum atomic E-state index is -0.977. The van der Waals surface area contributed by atoms with E-state index in [2.05, 4.69) is 26.2 Å². The zero-order chi connectivity index (χ0) is 12.4. The van der Waals surface area contributed by atoms with E-state index in [1.165, 1.54) is 16.8 Å². The Labute approximate surface area is 105 Å².